The number of ether oxygens (including phenoxy) is 2. The van der Waals surface area contributed by atoms with E-state index in [4.69, 9.17) is 9.47 Å². The molecule has 1 aromatic heterocycles. The maximum Gasteiger partial charge on any atom is 0.259 e. The molecule has 2 rings (SSSR count). The third-order valence-electron chi connectivity index (χ3n) is 3.97. The van der Waals surface area contributed by atoms with Crippen LogP contribution in [0.3, 0.4) is 0 Å². The average molecular weight is 292 g/mol. The van der Waals surface area contributed by atoms with E-state index in [9.17, 15) is 4.79 Å². The van der Waals surface area contributed by atoms with E-state index >= 15 is 0 Å². The monoisotopic (exact) mass is 292 g/mol. The van der Waals surface area contributed by atoms with Gasteiger partial charge >= 0.3 is 0 Å². The van der Waals surface area contributed by atoms with Crippen LogP contribution in [-0.4, -0.2) is 49.2 Å². The zero-order valence-corrected chi connectivity index (χ0v) is 12.9. The van der Waals surface area contributed by atoms with Gasteiger partial charge in [0.15, 0.2) is 0 Å². The highest BCUT2D eigenvalue weighted by atomic mass is 16.5. The molecule has 0 saturated heterocycles. The van der Waals surface area contributed by atoms with Crippen molar-refractivity contribution in [3.63, 3.8) is 0 Å². The van der Waals surface area contributed by atoms with Crippen LogP contribution in [0.5, 0.6) is 5.88 Å². The fraction of sp³-hybridized carbons (Fsp3) is 0.625. The Bertz CT molecular complexity index is 459. The number of nitrogens with zero attached hydrogens (tertiary/aromatic N) is 2. The highest BCUT2D eigenvalue weighted by molar-refractivity contribution is 5.96. The molecule has 0 atom stereocenters. The Labute approximate surface area is 126 Å². The Morgan fingerprint density at radius 3 is 2.81 bits per heavy atom. The highest BCUT2D eigenvalue weighted by Gasteiger charge is 2.25. The van der Waals surface area contributed by atoms with Gasteiger partial charge in [0.25, 0.3) is 5.91 Å². The van der Waals surface area contributed by atoms with E-state index in [1.807, 2.05) is 11.9 Å². The molecule has 1 amide bonds. The molecule has 0 aliphatic heterocycles. The molecule has 1 fully saturated rings. The molecule has 5 nitrogen and oxygen atoms in total. The number of rotatable bonds is 6. The molecule has 5 heteroatoms. The van der Waals surface area contributed by atoms with Crippen molar-refractivity contribution < 1.29 is 14.3 Å². The molecule has 0 aromatic carbocycles. The van der Waals surface area contributed by atoms with Crippen LogP contribution in [0.2, 0.25) is 0 Å². The normalized spacial score (nSPS) is 15.7. The summed E-state index contributed by atoms with van der Waals surface area (Å²) >= 11 is 0. The maximum atomic E-state index is 12.7. The summed E-state index contributed by atoms with van der Waals surface area (Å²) < 4.78 is 10.5. The molecule has 1 aliphatic carbocycles. The lowest BCUT2D eigenvalue weighted by atomic mass is 9.94. The summed E-state index contributed by atoms with van der Waals surface area (Å²) in [6, 6.07) is 3.88. The minimum absolute atomic E-state index is 0.0117. The minimum Gasteiger partial charge on any atom is -0.475 e. The minimum atomic E-state index is -0.0117. The first-order valence-corrected chi connectivity index (χ1v) is 7.58. The zero-order chi connectivity index (χ0) is 15.1. The van der Waals surface area contributed by atoms with E-state index < -0.39 is 0 Å². The van der Waals surface area contributed by atoms with Gasteiger partial charge in [-0.05, 0) is 25.0 Å². The lowest BCUT2D eigenvalue weighted by molar-refractivity contribution is 0.0688. The van der Waals surface area contributed by atoms with Crippen LogP contribution in [0.4, 0.5) is 0 Å². The fourth-order valence-electron chi connectivity index (χ4n) is 2.71. The van der Waals surface area contributed by atoms with Crippen LogP contribution in [0.25, 0.3) is 0 Å². The zero-order valence-electron chi connectivity index (χ0n) is 12.9. The third-order valence-corrected chi connectivity index (χ3v) is 3.97. The molecule has 0 bridgehead atoms. The standard InChI is InChI=1S/C16H24N2O3/c1-18(13-7-4-3-5-8-13)16(19)14-9-6-10-17-15(14)21-12-11-20-2/h6,9-10,13H,3-5,7-8,11-12H2,1-2H3. The van der Waals surface area contributed by atoms with E-state index in [2.05, 4.69) is 4.98 Å². The molecule has 1 aromatic rings. The number of hydrogen-bond acceptors (Lipinski definition) is 4. The summed E-state index contributed by atoms with van der Waals surface area (Å²) in [4.78, 5) is 18.7. The molecule has 1 saturated carbocycles. The Morgan fingerprint density at radius 2 is 2.10 bits per heavy atom. The van der Waals surface area contributed by atoms with Gasteiger partial charge in [-0.25, -0.2) is 4.98 Å². The second-order valence-electron chi connectivity index (χ2n) is 5.41. The number of hydrogen-bond donors (Lipinski definition) is 0. The summed E-state index contributed by atoms with van der Waals surface area (Å²) in [5.74, 6) is 0.379. The van der Waals surface area contributed by atoms with Crippen LogP contribution in [0, 0.1) is 0 Å². The van der Waals surface area contributed by atoms with Crippen molar-refractivity contribution in [2.75, 3.05) is 27.4 Å². The first-order valence-electron chi connectivity index (χ1n) is 7.58. The Morgan fingerprint density at radius 1 is 1.33 bits per heavy atom. The average Bonchev–Trinajstić information content (AvgIpc) is 2.55. The summed E-state index contributed by atoms with van der Waals surface area (Å²) in [7, 11) is 3.49. The van der Waals surface area contributed by atoms with E-state index in [0.717, 1.165) is 12.8 Å². The van der Waals surface area contributed by atoms with Crippen molar-refractivity contribution in [1.29, 1.82) is 0 Å². The number of methoxy groups -OCH3 is 1. The largest absolute Gasteiger partial charge is 0.475 e. The third kappa shape index (κ3) is 4.17. The lowest BCUT2D eigenvalue weighted by Gasteiger charge is -2.31. The van der Waals surface area contributed by atoms with E-state index in [-0.39, 0.29) is 5.91 Å². The Hall–Kier alpha value is -1.62. The van der Waals surface area contributed by atoms with Crippen molar-refractivity contribution >= 4 is 5.91 Å². The topological polar surface area (TPSA) is 51.7 Å². The van der Waals surface area contributed by atoms with Crippen molar-refractivity contribution in [1.82, 2.24) is 9.88 Å². The van der Waals surface area contributed by atoms with E-state index in [1.54, 1.807) is 25.4 Å². The van der Waals surface area contributed by atoms with Crippen molar-refractivity contribution in [2.45, 2.75) is 38.1 Å². The van der Waals surface area contributed by atoms with Crippen molar-refractivity contribution in [3.8, 4) is 5.88 Å². The highest BCUT2D eigenvalue weighted by Crippen LogP contribution is 2.24. The van der Waals surface area contributed by atoms with Gasteiger partial charge < -0.3 is 14.4 Å². The van der Waals surface area contributed by atoms with Gasteiger partial charge in [0.2, 0.25) is 5.88 Å². The first-order chi connectivity index (χ1) is 10.2. The molecule has 1 heterocycles. The summed E-state index contributed by atoms with van der Waals surface area (Å²) in [5.41, 5.74) is 0.529. The van der Waals surface area contributed by atoms with Crippen LogP contribution >= 0.6 is 0 Å². The smallest absolute Gasteiger partial charge is 0.259 e. The number of aromatic nitrogens is 1. The first kappa shape index (κ1) is 15.8. The number of carbonyl (C=O) groups is 1. The van der Waals surface area contributed by atoms with Crippen molar-refractivity contribution in [3.05, 3.63) is 23.9 Å². The fourth-order valence-corrected chi connectivity index (χ4v) is 2.71. The van der Waals surface area contributed by atoms with Gasteiger partial charge in [-0.15, -0.1) is 0 Å². The van der Waals surface area contributed by atoms with E-state index in [0.29, 0.717) is 30.7 Å². The van der Waals surface area contributed by atoms with E-state index in [1.165, 1.54) is 19.3 Å². The van der Waals surface area contributed by atoms with Gasteiger partial charge in [-0.1, -0.05) is 19.3 Å². The quantitative estimate of drug-likeness (QED) is 0.756. The van der Waals surface area contributed by atoms with Gasteiger partial charge in [-0.3, -0.25) is 4.79 Å². The molecule has 0 spiro atoms. The molecule has 0 unspecified atom stereocenters. The molecule has 0 radical (unpaired) electrons. The molecule has 21 heavy (non-hydrogen) atoms. The van der Waals surface area contributed by atoms with Crippen molar-refractivity contribution in [2.24, 2.45) is 0 Å². The second kappa shape index (κ2) is 7.98. The number of amides is 1. The van der Waals surface area contributed by atoms with Crippen LogP contribution < -0.4 is 4.74 Å². The summed E-state index contributed by atoms with van der Waals surface area (Å²) in [6.07, 6.45) is 7.49. The van der Waals surface area contributed by atoms with Crippen LogP contribution in [0.15, 0.2) is 18.3 Å². The lowest BCUT2D eigenvalue weighted by Crippen LogP contribution is -2.38. The van der Waals surface area contributed by atoms with Gasteiger partial charge in [0, 0.05) is 26.4 Å². The Balaban J connectivity index is 2.06. The number of pyridine rings is 1. The van der Waals surface area contributed by atoms with Crippen LogP contribution in [0.1, 0.15) is 42.5 Å². The van der Waals surface area contributed by atoms with Gasteiger partial charge in [0.1, 0.15) is 12.2 Å². The number of carbonyl (C=O) groups excluding carboxylic acids is 1. The predicted octanol–water partition coefficient (Wildman–Crippen LogP) is 2.51. The van der Waals surface area contributed by atoms with Gasteiger partial charge in [-0.2, -0.15) is 0 Å². The SMILES string of the molecule is COCCOc1ncccc1C(=O)N(C)C1CCCCC1. The predicted molar refractivity (Wildman–Crippen MR) is 80.6 cm³/mol. The molecule has 116 valence electrons. The molecule has 0 N–H and O–H groups in total. The van der Waals surface area contributed by atoms with Crippen LogP contribution in [-0.2, 0) is 4.74 Å². The Kier molecular flexibility index (Phi) is 5.99. The second-order valence-corrected chi connectivity index (χ2v) is 5.41. The molecular weight excluding hydrogens is 268 g/mol. The molecule has 1 aliphatic rings. The molecular formula is C16H24N2O3. The van der Waals surface area contributed by atoms with Gasteiger partial charge in [0.05, 0.1) is 6.61 Å². The summed E-state index contributed by atoms with van der Waals surface area (Å²) in [5, 5.41) is 0. The maximum absolute atomic E-state index is 12.7. The summed E-state index contributed by atoms with van der Waals surface area (Å²) in [6.45, 7) is 0.865.